The van der Waals surface area contributed by atoms with E-state index in [1.807, 2.05) is 18.3 Å². The van der Waals surface area contributed by atoms with Gasteiger partial charge in [-0.3, -0.25) is 4.98 Å². The van der Waals surface area contributed by atoms with Crippen LogP contribution in [0.5, 0.6) is 0 Å². The van der Waals surface area contributed by atoms with E-state index in [1.54, 1.807) is 12.4 Å². The van der Waals surface area contributed by atoms with Gasteiger partial charge in [-0.05, 0) is 35.9 Å². The lowest BCUT2D eigenvalue weighted by atomic mass is 9.74. The third-order valence-electron chi connectivity index (χ3n) is 5.55. The molecule has 2 aliphatic rings. The zero-order chi connectivity index (χ0) is 17.2. The number of aromatic nitrogens is 3. The zero-order valence-electron chi connectivity index (χ0n) is 14.0. The van der Waals surface area contributed by atoms with Crippen LogP contribution in [0.4, 0.5) is 0 Å². The second kappa shape index (κ2) is 5.27. The van der Waals surface area contributed by atoms with E-state index in [9.17, 15) is 5.11 Å². The van der Waals surface area contributed by atoms with Crippen molar-refractivity contribution >= 4 is 22.6 Å². The molecule has 3 aromatic rings. The number of aliphatic hydroxyl groups is 1. The maximum Gasteiger partial charge on any atom is 0.140 e. The third-order valence-corrected chi connectivity index (χ3v) is 5.76. The SMILES string of the molecule is CN1CCc2c(c3cc(Cl)cnc3n2CC2(O)Cc3cnccc32)C1. The quantitative estimate of drug-likeness (QED) is 0.768. The maximum absolute atomic E-state index is 11.2. The minimum Gasteiger partial charge on any atom is -0.383 e. The molecule has 1 N–H and O–H groups in total. The topological polar surface area (TPSA) is 54.2 Å². The van der Waals surface area contributed by atoms with Crippen LogP contribution >= 0.6 is 11.6 Å². The van der Waals surface area contributed by atoms with E-state index in [2.05, 4.69) is 26.5 Å². The van der Waals surface area contributed by atoms with Crippen molar-refractivity contribution in [2.45, 2.75) is 31.5 Å². The third kappa shape index (κ3) is 2.23. The first-order valence-electron chi connectivity index (χ1n) is 8.55. The van der Waals surface area contributed by atoms with Crippen molar-refractivity contribution in [2.24, 2.45) is 0 Å². The molecule has 6 heteroatoms. The normalized spacial score (nSPS) is 22.5. The summed E-state index contributed by atoms with van der Waals surface area (Å²) in [5.41, 5.74) is 4.75. The minimum atomic E-state index is -0.845. The zero-order valence-corrected chi connectivity index (χ0v) is 14.8. The van der Waals surface area contributed by atoms with E-state index in [4.69, 9.17) is 11.6 Å². The Hall–Kier alpha value is -1.95. The predicted molar refractivity (Wildman–Crippen MR) is 96.6 cm³/mol. The fourth-order valence-electron chi connectivity index (χ4n) is 4.32. The molecule has 1 aliphatic carbocycles. The number of fused-ring (bicyclic) bond motifs is 4. The molecule has 0 amide bonds. The van der Waals surface area contributed by atoms with Crippen LogP contribution in [0.15, 0.2) is 30.7 Å². The summed E-state index contributed by atoms with van der Waals surface area (Å²) >= 11 is 6.20. The van der Waals surface area contributed by atoms with Crippen molar-refractivity contribution < 1.29 is 5.11 Å². The summed E-state index contributed by atoms with van der Waals surface area (Å²) in [5.74, 6) is 0. The Morgan fingerprint density at radius 2 is 2.24 bits per heavy atom. The van der Waals surface area contributed by atoms with Crippen molar-refractivity contribution in [1.82, 2.24) is 19.4 Å². The molecule has 5 rings (SSSR count). The van der Waals surface area contributed by atoms with Gasteiger partial charge in [-0.2, -0.15) is 0 Å². The standard InChI is InChI=1S/C19H19ClN4O/c1-23-5-3-17-15(10-23)14-6-13(20)9-22-18(14)24(17)11-19(25)7-12-8-21-4-2-16(12)19/h2,4,6,8-9,25H,3,5,7,10-11H2,1H3. The second-order valence-electron chi connectivity index (χ2n) is 7.27. The summed E-state index contributed by atoms with van der Waals surface area (Å²) in [5, 5.41) is 12.9. The van der Waals surface area contributed by atoms with Crippen LogP contribution in [-0.4, -0.2) is 38.1 Å². The molecule has 0 aromatic carbocycles. The first-order valence-corrected chi connectivity index (χ1v) is 8.93. The Morgan fingerprint density at radius 3 is 3.08 bits per heavy atom. The summed E-state index contributed by atoms with van der Waals surface area (Å²) in [4.78, 5) is 11.1. The highest BCUT2D eigenvalue weighted by molar-refractivity contribution is 6.31. The van der Waals surface area contributed by atoms with Gasteiger partial charge in [0.25, 0.3) is 0 Å². The average molecular weight is 355 g/mol. The Kier molecular flexibility index (Phi) is 3.23. The van der Waals surface area contributed by atoms with Crippen LogP contribution in [-0.2, 0) is 31.5 Å². The van der Waals surface area contributed by atoms with E-state index in [-0.39, 0.29) is 0 Å². The fourth-order valence-corrected chi connectivity index (χ4v) is 4.48. The van der Waals surface area contributed by atoms with E-state index < -0.39 is 5.60 Å². The molecule has 1 aliphatic heterocycles. The van der Waals surface area contributed by atoms with Crippen LogP contribution in [0, 0.1) is 0 Å². The summed E-state index contributed by atoms with van der Waals surface area (Å²) in [6.45, 7) is 2.42. The second-order valence-corrected chi connectivity index (χ2v) is 7.70. The Morgan fingerprint density at radius 1 is 1.36 bits per heavy atom. The molecule has 1 atom stereocenters. The van der Waals surface area contributed by atoms with Gasteiger partial charge in [-0.1, -0.05) is 11.6 Å². The summed E-state index contributed by atoms with van der Waals surface area (Å²) in [7, 11) is 2.13. The molecule has 4 heterocycles. The number of nitrogens with zero attached hydrogens (tertiary/aromatic N) is 4. The van der Waals surface area contributed by atoms with Crippen molar-refractivity contribution in [1.29, 1.82) is 0 Å². The van der Waals surface area contributed by atoms with Gasteiger partial charge in [-0.15, -0.1) is 0 Å². The van der Waals surface area contributed by atoms with Crippen molar-refractivity contribution in [3.8, 4) is 0 Å². The van der Waals surface area contributed by atoms with Gasteiger partial charge >= 0.3 is 0 Å². The van der Waals surface area contributed by atoms with Crippen LogP contribution in [0.2, 0.25) is 5.02 Å². The van der Waals surface area contributed by atoms with E-state index in [0.29, 0.717) is 18.0 Å². The molecule has 0 bridgehead atoms. The lowest BCUT2D eigenvalue weighted by Crippen LogP contribution is -2.43. The molecule has 0 saturated carbocycles. The number of hydrogen-bond acceptors (Lipinski definition) is 4. The van der Waals surface area contributed by atoms with Gasteiger partial charge in [0.2, 0.25) is 0 Å². The van der Waals surface area contributed by atoms with Gasteiger partial charge in [0.1, 0.15) is 11.2 Å². The lowest BCUT2D eigenvalue weighted by molar-refractivity contribution is -0.00488. The molecule has 3 aromatic heterocycles. The lowest BCUT2D eigenvalue weighted by Gasteiger charge is -2.40. The summed E-state index contributed by atoms with van der Waals surface area (Å²) in [6, 6.07) is 3.93. The Bertz CT molecular complexity index is 998. The van der Waals surface area contributed by atoms with Crippen LogP contribution < -0.4 is 0 Å². The summed E-state index contributed by atoms with van der Waals surface area (Å²) < 4.78 is 2.21. The predicted octanol–water partition coefficient (Wildman–Crippen LogP) is 2.52. The smallest absolute Gasteiger partial charge is 0.140 e. The van der Waals surface area contributed by atoms with Crippen molar-refractivity contribution in [2.75, 3.05) is 13.6 Å². The van der Waals surface area contributed by atoms with E-state index in [1.165, 1.54) is 11.3 Å². The highest BCUT2D eigenvalue weighted by Crippen LogP contribution is 2.41. The number of hydrogen-bond donors (Lipinski definition) is 1. The first kappa shape index (κ1) is 15.3. The Labute approximate surface area is 150 Å². The minimum absolute atomic E-state index is 0.522. The molecular weight excluding hydrogens is 336 g/mol. The molecule has 5 nitrogen and oxygen atoms in total. The molecule has 0 fully saturated rings. The Balaban J connectivity index is 1.65. The van der Waals surface area contributed by atoms with Crippen LogP contribution in [0.25, 0.3) is 11.0 Å². The van der Waals surface area contributed by atoms with Gasteiger partial charge in [0, 0.05) is 55.6 Å². The van der Waals surface area contributed by atoms with Crippen LogP contribution in [0.3, 0.4) is 0 Å². The summed E-state index contributed by atoms with van der Waals surface area (Å²) in [6.07, 6.45) is 6.88. The molecule has 128 valence electrons. The highest BCUT2D eigenvalue weighted by atomic mass is 35.5. The van der Waals surface area contributed by atoms with Gasteiger partial charge < -0.3 is 14.6 Å². The van der Waals surface area contributed by atoms with Gasteiger partial charge in [0.05, 0.1) is 11.6 Å². The van der Waals surface area contributed by atoms with Gasteiger partial charge in [-0.25, -0.2) is 4.98 Å². The molecule has 1 unspecified atom stereocenters. The van der Waals surface area contributed by atoms with Crippen molar-refractivity contribution in [3.05, 3.63) is 58.1 Å². The molecule has 0 radical (unpaired) electrons. The molecule has 25 heavy (non-hydrogen) atoms. The van der Waals surface area contributed by atoms with Gasteiger partial charge in [0.15, 0.2) is 0 Å². The number of rotatable bonds is 2. The van der Waals surface area contributed by atoms with E-state index in [0.717, 1.165) is 41.7 Å². The maximum atomic E-state index is 11.2. The number of pyridine rings is 2. The number of likely N-dealkylation sites (N-methyl/N-ethyl adjacent to an activating group) is 1. The monoisotopic (exact) mass is 354 g/mol. The van der Waals surface area contributed by atoms with E-state index >= 15 is 0 Å². The first-order chi connectivity index (χ1) is 12.0. The highest BCUT2D eigenvalue weighted by Gasteiger charge is 2.42. The average Bonchev–Trinajstić information content (AvgIpc) is 2.87. The molecular formula is C19H19ClN4O. The molecule has 0 saturated heterocycles. The molecule has 0 spiro atoms. The van der Waals surface area contributed by atoms with Crippen molar-refractivity contribution in [3.63, 3.8) is 0 Å². The largest absolute Gasteiger partial charge is 0.383 e. The number of halogens is 1. The van der Waals surface area contributed by atoms with Crippen LogP contribution in [0.1, 0.15) is 22.4 Å². The fraction of sp³-hybridized carbons (Fsp3) is 0.368.